The van der Waals surface area contributed by atoms with Crippen molar-refractivity contribution in [2.45, 2.75) is 17.7 Å². The fourth-order valence-corrected chi connectivity index (χ4v) is 2.60. The maximum atomic E-state index is 11.3. The van der Waals surface area contributed by atoms with Gasteiger partial charge in [-0.3, -0.25) is 4.79 Å². The van der Waals surface area contributed by atoms with Crippen molar-refractivity contribution in [1.29, 1.82) is 0 Å². The van der Waals surface area contributed by atoms with Crippen LogP contribution in [0.25, 0.3) is 0 Å². The van der Waals surface area contributed by atoms with Crippen molar-refractivity contribution in [3.63, 3.8) is 0 Å². The molecule has 0 bridgehead atoms. The second kappa shape index (κ2) is 5.56. The molecule has 1 aromatic carbocycles. The van der Waals surface area contributed by atoms with E-state index in [2.05, 4.69) is 15.9 Å². The fraction of sp³-hybridized carbons (Fsp3) is 0.364. The molecule has 0 saturated carbocycles. The lowest BCUT2D eigenvalue weighted by molar-refractivity contribution is -0.141. The Morgan fingerprint density at radius 2 is 2.20 bits per heavy atom. The average Bonchev–Trinajstić information content (AvgIpc) is 2.26. The van der Waals surface area contributed by atoms with Crippen molar-refractivity contribution in [3.8, 4) is 0 Å². The Morgan fingerprint density at radius 1 is 1.53 bits per heavy atom. The van der Waals surface area contributed by atoms with Crippen LogP contribution in [0.4, 0.5) is 0 Å². The molecule has 4 heteroatoms. The van der Waals surface area contributed by atoms with Crippen LogP contribution in [-0.2, 0) is 9.53 Å². The van der Waals surface area contributed by atoms with Crippen molar-refractivity contribution in [2.24, 2.45) is 0 Å². The highest BCUT2D eigenvalue weighted by atomic mass is 79.9. The summed E-state index contributed by atoms with van der Waals surface area (Å²) in [5, 5.41) is 0. The SMILES string of the molecule is COC(=O)C(C)c1ccc(SC)c(Br)c1. The van der Waals surface area contributed by atoms with E-state index in [1.165, 1.54) is 7.11 Å². The van der Waals surface area contributed by atoms with Crippen LogP contribution in [0.1, 0.15) is 18.4 Å². The number of esters is 1. The lowest BCUT2D eigenvalue weighted by Crippen LogP contribution is -2.10. The number of carbonyl (C=O) groups excluding carboxylic acids is 1. The molecule has 0 N–H and O–H groups in total. The summed E-state index contributed by atoms with van der Waals surface area (Å²) < 4.78 is 5.72. The molecule has 2 nitrogen and oxygen atoms in total. The third-order valence-corrected chi connectivity index (χ3v) is 3.94. The first-order valence-electron chi connectivity index (χ1n) is 4.51. The van der Waals surface area contributed by atoms with Crippen molar-refractivity contribution in [1.82, 2.24) is 0 Å². The minimum Gasteiger partial charge on any atom is -0.469 e. The van der Waals surface area contributed by atoms with Crippen LogP contribution < -0.4 is 0 Å². The number of hydrogen-bond acceptors (Lipinski definition) is 3. The molecule has 0 fully saturated rings. The standard InChI is InChI=1S/C11H13BrO2S/c1-7(11(13)14-2)8-4-5-10(15-3)9(12)6-8/h4-7H,1-3H3. The van der Waals surface area contributed by atoms with Gasteiger partial charge < -0.3 is 4.74 Å². The molecular formula is C11H13BrO2S. The lowest BCUT2D eigenvalue weighted by atomic mass is 10.0. The molecule has 0 aromatic heterocycles. The predicted molar refractivity (Wildman–Crippen MR) is 66.4 cm³/mol. The molecular weight excluding hydrogens is 276 g/mol. The smallest absolute Gasteiger partial charge is 0.312 e. The second-order valence-corrected chi connectivity index (χ2v) is 4.84. The summed E-state index contributed by atoms with van der Waals surface area (Å²) in [6.07, 6.45) is 2.02. The molecule has 0 aliphatic heterocycles. The quantitative estimate of drug-likeness (QED) is 0.630. The van der Waals surface area contributed by atoms with E-state index < -0.39 is 0 Å². The average molecular weight is 289 g/mol. The monoisotopic (exact) mass is 288 g/mol. The van der Waals surface area contributed by atoms with Crippen LogP contribution in [0.3, 0.4) is 0 Å². The number of halogens is 1. The van der Waals surface area contributed by atoms with Crippen LogP contribution in [-0.4, -0.2) is 19.3 Å². The molecule has 1 rings (SSSR count). The zero-order valence-corrected chi connectivity index (χ0v) is 11.3. The van der Waals surface area contributed by atoms with E-state index in [1.54, 1.807) is 11.8 Å². The van der Waals surface area contributed by atoms with Crippen molar-refractivity contribution >= 4 is 33.7 Å². The normalized spacial score (nSPS) is 12.3. The van der Waals surface area contributed by atoms with Gasteiger partial charge in [-0.2, -0.15) is 0 Å². The highest BCUT2D eigenvalue weighted by Crippen LogP contribution is 2.29. The van der Waals surface area contributed by atoms with Gasteiger partial charge in [-0.15, -0.1) is 11.8 Å². The van der Waals surface area contributed by atoms with Gasteiger partial charge in [0.2, 0.25) is 0 Å². The molecule has 15 heavy (non-hydrogen) atoms. The highest BCUT2D eigenvalue weighted by molar-refractivity contribution is 9.10. The molecule has 0 heterocycles. The second-order valence-electron chi connectivity index (χ2n) is 3.14. The number of rotatable bonds is 3. The van der Waals surface area contributed by atoms with Crippen LogP contribution in [0.2, 0.25) is 0 Å². The first-order valence-corrected chi connectivity index (χ1v) is 6.53. The highest BCUT2D eigenvalue weighted by Gasteiger charge is 2.16. The zero-order chi connectivity index (χ0) is 11.4. The van der Waals surface area contributed by atoms with Gasteiger partial charge in [-0.25, -0.2) is 0 Å². The minimum absolute atomic E-state index is 0.209. The molecule has 0 radical (unpaired) electrons. The van der Waals surface area contributed by atoms with Gasteiger partial charge in [0.1, 0.15) is 0 Å². The summed E-state index contributed by atoms with van der Waals surface area (Å²) in [6, 6.07) is 5.93. The van der Waals surface area contributed by atoms with E-state index in [1.807, 2.05) is 31.4 Å². The molecule has 1 unspecified atom stereocenters. The minimum atomic E-state index is -0.220. The van der Waals surface area contributed by atoms with Crippen LogP contribution >= 0.6 is 27.7 Å². The zero-order valence-electron chi connectivity index (χ0n) is 8.91. The molecule has 0 saturated heterocycles. The first-order chi connectivity index (χ1) is 7.10. The predicted octanol–water partition coefficient (Wildman–Crippen LogP) is 3.45. The Morgan fingerprint density at radius 3 is 2.67 bits per heavy atom. The lowest BCUT2D eigenvalue weighted by Gasteiger charge is -2.11. The number of carbonyl (C=O) groups is 1. The molecule has 0 aliphatic carbocycles. The maximum Gasteiger partial charge on any atom is 0.312 e. The van der Waals surface area contributed by atoms with Crippen LogP contribution in [0.5, 0.6) is 0 Å². The van der Waals surface area contributed by atoms with E-state index >= 15 is 0 Å². The molecule has 1 atom stereocenters. The summed E-state index contributed by atoms with van der Waals surface area (Å²) in [6.45, 7) is 1.84. The Bertz CT molecular complexity index is 366. The summed E-state index contributed by atoms with van der Waals surface area (Å²) in [4.78, 5) is 12.5. The maximum absolute atomic E-state index is 11.3. The van der Waals surface area contributed by atoms with Gasteiger partial charge in [0, 0.05) is 9.37 Å². The van der Waals surface area contributed by atoms with Gasteiger partial charge >= 0.3 is 5.97 Å². The van der Waals surface area contributed by atoms with Gasteiger partial charge in [-0.1, -0.05) is 6.07 Å². The molecule has 0 aliphatic rings. The summed E-state index contributed by atoms with van der Waals surface area (Å²) in [7, 11) is 1.41. The van der Waals surface area contributed by atoms with E-state index in [0.717, 1.165) is 14.9 Å². The number of benzene rings is 1. The molecule has 0 spiro atoms. The van der Waals surface area contributed by atoms with Gasteiger partial charge in [0.05, 0.1) is 13.0 Å². The fourth-order valence-electron chi connectivity index (χ4n) is 1.26. The molecule has 82 valence electrons. The molecule has 1 aromatic rings. The van der Waals surface area contributed by atoms with Gasteiger partial charge in [0.15, 0.2) is 0 Å². The van der Waals surface area contributed by atoms with Crippen molar-refractivity contribution < 1.29 is 9.53 Å². The Kier molecular flexibility index (Phi) is 4.67. The Hall–Kier alpha value is -0.480. The third kappa shape index (κ3) is 2.98. The summed E-state index contributed by atoms with van der Waals surface area (Å²) >= 11 is 5.14. The van der Waals surface area contributed by atoms with Crippen LogP contribution in [0, 0.1) is 0 Å². The first kappa shape index (κ1) is 12.6. The van der Waals surface area contributed by atoms with E-state index in [0.29, 0.717) is 0 Å². The van der Waals surface area contributed by atoms with Gasteiger partial charge in [0.25, 0.3) is 0 Å². The third-order valence-electron chi connectivity index (χ3n) is 2.23. The number of ether oxygens (including phenoxy) is 1. The van der Waals surface area contributed by atoms with E-state index in [9.17, 15) is 4.79 Å². The number of hydrogen-bond donors (Lipinski definition) is 0. The van der Waals surface area contributed by atoms with E-state index in [4.69, 9.17) is 4.74 Å². The Labute approximate surface area is 103 Å². The summed E-state index contributed by atoms with van der Waals surface area (Å²) in [5.41, 5.74) is 0.964. The largest absolute Gasteiger partial charge is 0.469 e. The van der Waals surface area contributed by atoms with Crippen molar-refractivity contribution in [2.75, 3.05) is 13.4 Å². The molecule has 0 amide bonds. The van der Waals surface area contributed by atoms with E-state index in [-0.39, 0.29) is 11.9 Å². The number of thioether (sulfide) groups is 1. The van der Waals surface area contributed by atoms with Gasteiger partial charge in [-0.05, 0) is 46.8 Å². The van der Waals surface area contributed by atoms with Crippen LogP contribution in [0.15, 0.2) is 27.6 Å². The number of methoxy groups -OCH3 is 1. The topological polar surface area (TPSA) is 26.3 Å². The summed E-state index contributed by atoms with van der Waals surface area (Å²) in [5.74, 6) is -0.430. The Balaban J connectivity index is 2.97. The van der Waals surface area contributed by atoms with Crippen molar-refractivity contribution in [3.05, 3.63) is 28.2 Å².